The molecule has 0 N–H and O–H groups in total. The highest BCUT2D eigenvalue weighted by Gasteiger charge is 2.16. The van der Waals surface area contributed by atoms with Gasteiger partial charge in [-0.2, -0.15) is 0 Å². The van der Waals surface area contributed by atoms with Crippen LogP contribution < -0.4 is 0 Å². The van der Waals surface area contributed by atoms with Crippen molar-refractivity contribution in [3.63, 3.8) is 0 Å². The first-order valence-corrected chi connectivity index (χ1v) is 7.35. The Morgan fingerprint density at radius 3 is 2.47 bits per heavy atom. The Kier molecular flexibility index (Phi) is 6.16. The van der Waals surface area contributed by atoms with Gasteiger partial charge in [0.2, 0.25) is 0 Å². The third kappa shape index (κ3) is 4.77. The molecule has 0 aliphatic heterocycles. The molecule has 96 valence electrons. The van der Waals surface area contributed by atoms with Crippen molar-refractivity contribution in [3.05, 3.63) is 20.8 Å². The summed E-state index contributed by atoms with van der Waals surface area (Å²) in [6, 6.07) is 3.81. The minimum absolute atomic E-state index is 0.143. The molecule has 0 radical (unpaired) electrons. The van der Waals surface area contributed by atoms with Crippen molar-refractivity contribution in [2.24, 2.45) is 0 Å². The van der Waals surface area contributed by atoms with Crippen molar-refractivity contribution >= 4 is 33.2 Å². The molecule has 1 rings (SSSR count). The first-order chi connectivity index (χ1) is 8.04. The summed E-state index contributed by atoms with van der Waals surface area (Å²) >= 11 is 4.89. The summed E-state index contributed by atoms with van der Waals surface area (Å²) in [5.74, 6) is 0.143. The normalized spacial score (nSPS) is 10.9. The van der Waals surface area contributed by atoms with Gasteiger partial charge in [-0.1, -0.05) is 6.92 Å². The maximum Gasteiger partial charge on any atom is 0.264 e. The molecule has 0 saturated heterocycles. The fourth-order valence-corrected chi connectivity index (χ4v) is 2.84. The van der Waals surface area contributed by atoms with Crippen molar-refractivity contribution in [1.29, 1.82) is 0 Å². The Balaban J connectivity index is 2.66. The highest BCUT2D eigenvalue weighted by atomic mass is 79.9. The molecule has 0 fully saturated rings. The van der Waals surface area contributed by atoms with Gasteiger partial charge in [-0.25, -0.2) is 0 Å². The maximum absolute atomic E-state index is 12.3. The summed E-state index contributed by atoms with van der Waals surface area (Å²) in [6.45, 7) is 4.61. The van der Waals surface area contributed by atoms with E-state index < -0.39 is 0 Å². The number of hydrogen-bond acceptors (Lipinski definition) is 3. The highest BCUT2D eigenvalue weighted by molar-refractivity contribution is 9.11. The second kappa shape index (κ2) is 7.13. The third-order valence-electron chi connectivity index (χ3n) is 2.38. The number of amides is 1. The van der Waals surface area contributed by atoms with Crippen LogP contribution in [0.1, 0.15) is 23.0 Å². The molecule has 0 atom stereocenters. The Morgan fingerprint density at radius 1 is 1.29 bits per heavy atom. The summed E-state index contributed by atoms with van der Waals surface area (Å²) in [7, 11) is 4.05. The van der Waals surface area contributed by atoms with Gasteiger partial charge >= 0.3 is 0 Å². The molecule has 0 aromatic carbocycles. The van der Waals surface area contributed by atoms with Gasteiger partial charge < -0.3 is 9.80 Å². The van der Waals surface area contributed by atoms with Gasteiger partial charge in [-0.15, -0.1) is 11.3 Å². The molecule has 0 unspecified atom stereocenters. The number of likely N-dealkylation sites (N-methyl/N-ethyl adjacent to an activating group) is 1. The van der Waals surface area contributed by atoms with E-state index >= 15 is 0 Å². The first-order valence-electron chi connectivity index (χ1n) is 5.74. The standard InChI is InChI=1S/C12H19BrN2OS/c1-4-7-15(9-8-14(2)3)12(16)10-5-6-11(13)17-10/h5-6H,4,7-9H2,1-3H3. The maximum atomic E-state index is 12.3. The van der Waals surface area contributed by atoms with E-state index in [2.05, 4.69) is 27.8 Å². The molecule has 0 aliphatic rings. The zero-order valence-corrected chi connectivity index (χ0v) is 13.0. The minimum atomic E-state index is 0.143. The average molecular weight is 319 g/mol. The van der Waals surface area contributed by atoms with Crippen LogP contribution in [0.4, 0.5) is 0 Å². The smallest absolute Gasteiger partial charge is 0.264 e. The van der Waals surface area contributed by atoms with E-state index in [0.29, 0.717) is 0 Å². The van der Waals surface area contributed by atoms with Crippen LogP contribution >= 0.6 is 27.3 Å². The molecule has 1 aromatic heterocycles. The number of halogens is 1. The lowest BCUT2D eigenvalue weighted by Crippen LogP contribution is -2.36. The molecule has 0 bridgehead atoms. The van der Waals surface area contributed by atoms with Crippen LogP contribution in [-0.2, 0) is 0 Å². The molecular weight excluding hydrogens is 300 g/mol. The Labute approximate surface area is 116 Å². The van der Waals surface area contributed by atoms with E-state index in [1.165, 1.54) is 11.3 Å². The third-order valence-corrected chi connectivity index (χ3v) is 3.99. The van der Waals surface area contributed by atoms with E-state index in [4.69, 9.17) is 0 Å². The Bertz CT molecular complexity index is 365. The van der Waals surface area contributed by atoms with Crippen LogP contribution in [-0.4, -0.2) is 49.4 Å². The number of thiophene rings is 1. The SMILES string of the molecule is CCCN(CCN(C)C)C(=O)c1ccc(Br)s1. The number of nitrogens with zero attached hydrogens (tertiary/aromatic N) is 2. The summed E-state index contributed by atoms with van der Waals surface area (Å²) in [5, 5.41) is 0. The Morgan fingerprint density at radius 2 is 2.00 bits per heavy atom. The van der Waals surface area contributed by atoms with E-state index in [-0.39, 0.29) is 5.91 Å². The van der Waals surface area contributed by atoms with Crippen molar-refractivity contribution < 1.29 is 4.79 Å². The van der Waals surface area contributed by atoms with Crippen LogP contribution in [0, 0.1) is 0 Å². The van der Waals surface area contributed by atoms with Crippen LogP contribution in [0.3, 0.4) is 0 Å². The largest absolute Gasteiger partial charge is 0.337 e. The average Bonchev–Trinajstić information content (AvgIpc) is 2.70. The van der Waals surface area contributed by atoms with Crippen molar-refractivity contribution in [2.75, 3.05) is 33.7 Å². The first kappa shape index (κ1) is 14.7. The highest BCUT2D eigenvalue weighted by Crippen LogP contribution is 2.23. The lowest BCUT2D eigenvalue weighted by molar-refractivity contribution is 0.0750. The molecule has 1 aromatic rings. The Hall–Kier alpha value is -0.390. The van der Waals surface area contributed by atoms with Gasteiger partial charge in [-0.05, 0) is 48.6 Å². The van der Waals surface area contributed by atoms with E-state index in [1.54, 1.807) is 0 Å². The quantitative estimate of drug-likeness (QED) is 0.805. The molecule has 0 spiro atoms. The zero-order chi connectivity index (χ0) is 12.8. The van der Waals surface area contributed by atoms with Crippen molar-refractivity contribution in [3.8, 4) is 0 Å². The van der Waals surface area contributed by atoms with Crippen LogP contribution in [0.2, 0.25) is 0 Å². The lowest BCUT2D eigenvalue weighted by atomic mass is 10.3. The zero-order valence-electron chi connectivity index (χ0n) is 10.6. The lowest BCUT2D eigenvalue weighted by Gasteiger charge is -2.23. The van der Waals surface area contributed by atoms with E-state index in [1.807, 2.05) is 31.1 Å². The summed E-state index contributed by atoms with van der Waals surface area (Å²) in [4.78, 5) is 17.1. The molecule has 5 heteroatoms. The molecule has 17 heavy (non-hydrogen) atoms. The number of carbonyl (C=O) groups is 1. The molecule has 0 saturated carbocycles. The number of rotatable bonds is 6. The number of carbonyl (C=O) groups excluding carboxylic acids is 1. The second-order valence-electron chi connectivity index (χ2n) is 4.20. The van der Waals surface area contributed by atoms with Gasteiger partial charge in [0.1, 0.15) is 0 Å². The van der Waals surface area contributed by atoms with E-state index in [9.17, 15) is 4.79 Å². The van der Waals surface area contributed by atoms with Gasteiger partial charge in [0, 0.05) is 19.6 Å². The summed E-state index contributed by atoms with van der Waals surface area (Å²) < 4.78 is 1.00. The predicted octanol–water partition coefficient (Wildman–Crippen LogP) is 2.92. The van der Waals surface area contributed by atoms with Crippen LogP contribution in [0.25, 0.3) is 0 Å². The molecule has 1 amide bonds. The summed E-state index contributed by atoms with van der Waals surface area (Å²) in [5.41, 5.74) is 0. The fraction of sp³-hybridized carbons (Fsp3) is 0.583. The molecule has 0 aliphatic carbocycles. The van der Waals surface area contributed by atoms with Gasteiger partial charge in [0.15, 0.2) is 0 Å². The second-order valence-corrected chi connectivity index (χ2v) is 6.66. The van der Waals surface area contributed by atoms with E-state index in [0.717, 1.165) is 34.7 Å². The fourth-order valence-electron chi connectivity index (χ4n) is 1.49. The van der Waals surface area contributed by atoms with Gasteiger partial charge in [0.05, 0.1) is 8.66 Å². The summed E-state index contributed by atoms with van der Waals surface area (Å²) in [6.07, 6.45) is 0.992. The number of hydrogen-bond donors (Lipinski definition) is 0. The monoisotopic (exact) mass is 318 g/mol. The van der Waals surface area contributed by atoms with Crippen molar-refractivity contribution in [1.82, 2.24) is 9.80 Å². The molecular formula is C12H19BrN2OS. The van der Waals surface area contributed by atoms with Gasteiger partial charge in [-0.3, -0.25) is 4.79 Å². The minimum Gasteiger partial charge on any atom is -0.337 e. The molecule has 3 nitrogen and oxygen atoms in total. The van der Waals surface area contributed by atoms with Gasteiger partial charge in [0.25, 0.3) is 5.91 Å². The van der Waals surface area contributed by atoms with Crippen molar-refractivity contribution in [2.45, 2.75) is 13.3 Å². The predicted molar refractivity (Wildman–Crippen MR) is 76.8 cm³/mol. The van der Waals surface area contributed by atoms with Crippen LogP contribution in [0.15, 0.2) is 15.9 Å². The van der Waals surface area contributed by atoms with Crippen LogP contribution in [0.5, 0.6) is 0 Å². The topological polar surface area (TPSA) is 23.6 Å². The molecule has 1 heterocycles.